The molecule has 90 valence electrons. The molecule has 2 aromatic rings. The Morgan fingerprint density at radius 2 is 1.89 bits per heavy atom. The largest absolute Gasteiger partial charge is 0.455 e. The number of hydrogen-bond donors (Lipinski definition) is 0. The Kier molecular flexibility index (Phi) is 3.90. The van der Waals surface area contributed by atoms with E-state index in [1.807, 2.05) is 25.1 Å². The molecule has 0 fully saturated rings. The van der Waals surface area contributed by atoms with Crippen LogP contribution in [-0.4, -0.2) is 0 Å². The highest BCUT2D eigenvalue weighted by molar-refractivity contribution is 9.10. The lowest BCUT2D eigenvalue weighted by Gasteiger charge is -2.09. The van der Waals surface area contributed by atoms with Gasteiger partial charge in [-0.15, -0.1) is 0 Å². The van der Waals surface area contributed by atoms with Crippen LogP contribution < -0.4 is 4.74 Å². The van der Waals surface area contributed by atoms with Crippen LogP contribution in [0.15, 0.2) is 40.9 Å². The van der Waals surface area contributed by atoms with Crippen LogP contribution in [0.1, 0.15) is 11.1 Å². The summed E-state index contributed by atoms with van der Waals surface area (Å²) in [5.74, 6) is 1.22. The van der Waals surface area contributed by atoms with Crippen LogP contribution in [0.3, 0.4) is 0 Å². The molecule has 0 amide bonds. The van der Waals surface area contributed by atoms with E-state index in [0.29, 0.717) is 22.1 Å². The van der Waals surface area contributed by atoms with E-state index >= 15 is 0 Å². The summed E-state index contributed by atoms with van der Waals surface area (Å²) in [6.07, 6.45) is 0. The lowest BCUT2D eigenvalue weighted by Crippen LogP contribution is -1.88. The molecule has 0 aliphatic rings. The number of ether oxygens (including phenoxy) is 1. The minimum Gasteiger partial charge on any atom is -0.455 e. The average molecular weight is 323 g/mol. The zero-order chi connectivity index (χ0) is 13.1. The fourth-order valence-corrected chi connectivity index (χ4v) is 2.19. The fourth-order valence-electron chi connectivity index (χ4n) is 1.46. The third-order valence-corrected chi connectivity index (χ3v) is 3.28. The molecule has 0 radical (unpaired) electrons. The molecule has 4 heteroatoms. The highest BCUT2D eigenvalue weighted by atomic mass is 79.9. The molecule has 0 N–H and O–H groups in total. The van der Waals surface area contributed by atoms with Crippen LogP contribution in [0.5, 0.6) is 11.5 Å². The monoisotopic (exact) mass is 321 g/mol. The van der Waals surface area contributed by atoms with Crippen LogP contribution in [0.25, 0.3) is 0 Å². The summed E-state index contributed by atoms with van der Waals surface area (Å²) in [6, 6.07) is 12.8. The first-order chi connectivity index (χ1) is 8.60. The van der Waals surface area contributed by atoms with Crippen LogP contribution in [0.4, 0.5) is 0 Å². The normalized spacial score (nSPS) is 9.89. The SMILES string of the molecule is Cc1ccc(Oc2ccc(C#N)cc2Br)c(Cl)c1. The zero-order valence-corrected chi connectivity index (χ0v) is 11.9. The average Bonchev–Trinajstić information content (AvgIpc) is 2.34. The number of halogens is 2. The third kappa shape index (κ3) is 2.84. The Morgan fingerprint density at radius 3 is 2.50 bits per heavy atom. The zero-order valence-electron chi connectivity index (χ0n) is 9.58. The summed E-state index contributed by atoms with van der Waals surface area (Å²) in [7, 11) is 0. The van der Waals surface area contributed by atoms with Gasteiger partial charge in [0.1, 0.15) is 11.5 Å². The van der Waals surface area contributed by atoms with Gasteiger partial charge in [0.15, 0.2) is 0 Å². The number of benzene rings is 2. The maximum atomic E-state index is 8.78. The van der Waals surface area contributed by atoms with Gasteiger partial charge in [-0.25, -0.2) is 0 Å². The van der Waals surface area contributed by atoms with Crippen molar-refractivity contribution in [3.05, 3.63) is 57.0 Å². The molecule has 0 saturated heterocycles. The second kappa shape index (κ2) is 5.43. The van der Waals surface area contributed by atoms with Crippen LogP contribution in [0.2, 0.25) is 5.02 Å². The van der Waals surface area contributed by atoms with Crippen molar-refractivity contribution in [3.63, 3.8) is 0 Å². The van der Waals surface area contributed by atoms with Gasteiger partial charge in [-0.2, -0.15) is 5.26 Å². The molecule has 0 unspecified atom stereocenters. The Morgan fingerprint density at radius 1 is 1.17 bits per heavy atom. The molecule has 0 aliphatic carbocycles. The van der Waals surface area contributed by atoms with Crippen LogP contribution in [0, 0.1) is 18.3 Å². The van der Waals surface area contributed by atoms with E-state index in [-0.39, 0.29) is 0 Å². The topological polar surface area (TPSA) is 33.0 Å². The smallest absolute Gasteiger partial charge is 0.146 e. The molecule has 0 aliphatic heterocycles. The standard InChI is InChI=1S/C14H9BrClNO/c1-9-2-4-14(12(16)6-9)18-13-5-3-10(8-17)7-11(13)15/h2-7H,1H3. The van der Waals surface area contributed by atoms with Gasteiger partial charge in [0, 0.05) is 0 Å². The summed E-state index contributed by atoms with van der Waals surface area (Å²) in [4.78, 5) is 0. The molecule has 2 aromatic carbocycles. The van der Waals surface area contributed by atoms with Gasteiger partial charge in [-0.05, 0) is 58.7 Å². The molecule has 0 spiro atoms. The second-order valence-electron chi connectivity index (χ2n) is 3.79. The summed E-state index contributed by atoms with van der Waals surface area (Å²) in [5, 5.41) is 9.35. The summed E-state index contributed by atoms with van der Waals surface area (Å²) >= 11 is 9.46. The summed E-state index contributed by atoms with van der Waals surface area (Å²) in [6.45, 7) is 1.97. The minimum atomic E-state index is 0.561. The summed E-state index contributed by atoms with van der Waals surface area (Å²) in [5.41, 5.74) is 1.65. The highest BCUT2D eigenvalue weighted by Gasteiger charge is 2.07. The lowest BCUT2D eigenvalue weighted by atomic mass is 10.2. The van der Waals surface area contributed by atoms with E-state index in [2.05, 4.69) is 22.0 Å². The molecule has 0 aromatic heterocycles. The van der Waals surface area contributed by atoms with Crippen molar-refractivity contribution in [1.29, 1.82) is 5.26 Å². The molecular weight excluding hydrogens is 314 g/mol. The van der Waals surface area contributed by atoms with E-state index in [1.165, 1.54) is 0 Å². The maximum absolute atomic E-state index is 8.78. The minimum absolute atomic E-state index is 0.561. The number of aryl methyl sites for hydroxylation is 1. The van der Waals surface area contributed by atoms with Crippen LogP contribution >= 0.6 is 27.5 Å². The van der Waals surface area contributed by atoms with Gasteiger partial charge in [0.05, 0.1) is 21.1 Å². The predicted octanol–water partition coefficient (Wildman–Crippen LogP) is 5.07. The van der Waals surface area contributed by atoms with Gasteiger partial charge in [0.2, 0.25) is 0 Å². The summed E-state index contributed by atoms with van der Waals surface area (Å²) < 4.78 is 6.43. The van der Waals surface area contributed by atoms with E-state index in [1.54, 1.807) is 18.2 Å². The van der Waals surface area contributed by atoms with Gasteiger partial charge in [-0.3, -0.25) is 0 Å². The third-order valence-electron chi connectivity index (χ3n) is 2.37. The first-order valence-corrected chi connectivity index (χ1v) is 6.41. The van der Waals surface area contributed by atoms with Gasteiger partial charge in [-0.1, -0.05) is 17.7 Å². The molecule has 0 atom stereocenters. The Hall–Kier alpha value is -1.50. The predicted molar refractivity (Wildman–Crippen MR) is 75.1 cm³/mol. The van der Waals surface area contributed by atoms with E-state index in [4.69, 9.17) is 21.6 Å². The van der Waals surface area contributed by atoms with Crippen molar-refractivity contribution < 1.29 is 4.74 Å². The highest BCUT2D eigenvalue weighted by Crippen LogP contribution is 2.34. The van der Waals surface area contributed by atoms with E-state index < -0.39 is 0 Å². The second-order valence-corrected chi connectivity index (χ2v) is 5.05. The van der Waals surface area contributed by atoms with Crippen molar-refractivity contribution in [2.75, 3.05) is 0 Å². The van der Waals surface area contributed by atoms with Gasteiger partial charge < -0.3 is 4.74 Å². The Balaban J connectivity index is 2.32. The van der Waals surface area contributed by atoms with E-state index in [0.717, 1.165) is 10.0 Å². The van der Waals surface area contributed by atoms with Crippen molar-refractivity contribution in [1.82, 2.24) is 0 Å². The van der Waals surface area contributed by atoms with Crippen LogP contribution in [-0.2, 0) is 0 Å². The first kappa shape index (κ1) is 12.9. The molecule has 2 nitrogen and oxygen atoms in total. The molecule has 0 saturated carbocycles. The van der Waals surface area contributed by atoms with Gasteiger partial charge >= 0.3 is 0 Å². The lowest BCUT2D eigenvalue weighted by molar-refractivity contribution is 0.479. The Bertz CT molecular complexity index is 634. The first-order valence-electron chi connectivity index (χ1n) is 5.24. The van der Waals surface area contributed by atoms with Crippen molar-refractivity contribution in [2.24, 2.45) is 0 Å². The molecule has 0 bridgehead atoms. The number of nitriles is 1. The number of rotatable bonds is 2. The quantitative estimate of drug-likeness (QED) is 0.773. The molecule has 0 heterocycles. The molecular formula is C14H9BrClNO. The number of hydrogen-bond acceptors (Lipinski definition) is 2. The van der Waals surface area contributed by atoms with E-state index in [9.17, 15) is 0 Å². The fraction of sp³-hybridized carbons (Fsp3) is 0.0714. The van der Waals surface area contributed by atoms with Gasteiger partial charge in [0.25, 0.3) is 0 Å². The molecule has 18 heavy (non-hydrogen) atoms. The van der Waals surface area contributed by atoms with Crippen molar-refractivity contribution in [3.8, 4) is 17.6 Å². The van der Waals surface area contributed by atoms with Crippen molar-refractivity contribution in [2.45, 2.75) is 6.92 Å². The maximum Gasteiger partial charge on any atom is 0.146 e. The number of nitrogens with zero attached hydrogens (tertiary/aromatic N) is 1. The Labute approximate surface area is 119 Å². The molecule has 2 rings (SSSR count). The van der Waals surface area contributed by atoms with Crippen molar-refractivity contribution >= 4 is 27.5 Å².